The fraction of sp³-hybridized carbons (Fsp3) is 0.375. The van der Waals surface area contributed by atoms with Gasteiger partial charge in [0.15, 0.2) is 0 Å². The van der Waals surface area contributed by atoms with Gasteiger partial charge in [0.2, 0.25) is 5.91 Å². The third-order valence-electron chi connectivity index (χ3n) is 3.48. The van der Waals surface area contributed by atoms with Crippen LogP contribution >= 0.6 is 0 Å². The SMILES string of the molecule is Cc1ccc(C=CC(=O)Nc2cnn(CC3CCCO3)c2)o1. The molecule has 0 saturated carbocycles. The molecule has 22 heavy (non-hydrogen) atoms. The van der Waals surface area contributed by atoms with E-state index >= 15 is 0 Å². The van der Waals surface area contributed by atoms with E-state index in [-0.39, 0.29) is 12.0 Å². The highest BCUT2D eigenvalue weighted by molar-refractivity contribution is 6.01. The van der Waals surface area contributed by atoms with Gasteiger partial charge in [0, 0.05) is 18.9 Å². The number of amides is 1. The summed E-state index contributed by atoms with van der Waals surface area (Å²) in [6.07, 6.45) is 8.92. The molecule has 0 aliphatic carbocycles. The van der Waals surface area contributed by atoms with Crippen LogP contribution in [0.4, 0.5) is 5.69 Å². The summed E-state index contributed by atoms with van der Waals surface area (Å²) in [6.45, 7) is 3.41. The van der Waals surface area contributed by atoms with Crippen LogP contribution in [0.2, 0.25) is 0 Å². The predicted octanol–water partition coefficient (Wildman–Crippen LogP) is 2.62. The summed E-state index contributed by atoms with van der Waals surface area (Å²) >= 11 is 0. The molecule has 2 aromatic rings. The Morgan fingerprint density at radius 1 is 1.55 bits per heavy atom. The van der Waals surface area contributed by atoms with E-state index < -0.39 is 0 Å². The van der Waals surface area contributed by atoms with Crippen LogP contribution in [0, 0.1) is 6.92 Å². The number of nitrogens with one attached hydrogen (secondary N) is 1. The molecule has 1 fully saturated rings. The zero-order chi connectivity index (χ0) is 15.4. The summed E-state index contributed by atoms with van der Waals surface area (Å²) in [5.41, 5.74) is 0.670. The van der Waals surface area contributed by atoms with Crippen molar-refractivity contribution >= 4 is 17.7 Å². The summed E-state index contributed by atoms with van der Waals surface area (Å²) < 4.78 is 12.7. The van der Waals surface area contributed by atoms with Crippen LogP contribution in [0.3, 0.4) is 0 Å². The first-order valence-electron chi connectivity index (χ1n) is 7.38. The second kappa shape index (κ2) is 6.62. The lowest BCUT2D eigenvalue weighted by atomic mass is 10.2. The highest BCUT2D eigenvalue weighted by Gasteiger charge is 2.16. The maximum absolute atomic E-state index is 11.8. The van der Waals surface area contributed by atoms with E-state index in [1.54, 1.807) is 17.0 Å². The number of nitrogens with zero attached hydrogens (tertiary/aromatic N) is 2. The number of carbonyl (C=O) groups excluding carboxylic acids is 1. The van der Waals surface area contributed by atoms with Crippen molar-refractivity contribution in [1.82, 2.24) is 9.78 Å². The number of ether oxygens (including phenoxy) is 1. The fourth-order valence-electron chi connectivity index (χ4n) is 2.41. The van der Waals surface area contributed by atoms with Crippen molar-refractivity contribution in [3.63, 3.8) is 0 Å². The standard InChI is InChI=1S/C16H19N3O3/c1-12-4-5-14(22-12)6-7-16(20)18-13-9-17-19(10-13)11-15-3-2-8-21-15/h4-7,9-10,15H,2-3,8,11H2,1H3,(H,18,20). The lowest BCUT2D eigenvalue weighted by Crippen LogP contribution is -2.15. The first-order valence-corrected chi connectivity index (χ1v) is 7.38. The van der Waals surface area contributed by atoms with E-state index in [1.165, 1.54) is 6.08 Å². The monoisotopic (exact) mass is 301 g/mol. The zero-order valence-corrected chi connectivity index (χ0v) is 12.5. The van der Waals surface area contributed by atoms with Gasteiger partial charge in [-0.05, 0) is 38.0 Å². The smallest absolute Gasteiger partial charge is 0.248 e. The number of carbonyl (C=O) groups is 1. The van der Waals surface area contributed by atoms with E-state index in [4.69, 9.17) is 9.15 Å². The third-order valence-corrected chi connectivity index (χ3v) is 3.48. The number of hydrogen-bond acceptors (Lipinski definition) is 4. The van der Waals surface area contributed by atoms with E-state index in [0.29, 0.717) is 11.4 Å². The van der Waals surface area contributed by atoms with Gasteiger partial charge in [0.05, 0.1) is 24.5 Å². The summed E-state index contributed by atoms with van der Waals surface area (Å²) in [5, 5.41) is 7.01. The van der Waals surface area contributed by atoms with Crippen LogP contribution in [0.1, 0.15) is 24.4 Å². The number of aryl methyl sites for hydroxylation is 1. The molecule has 1 saturated heterocycles. The van der Waals surface area contributed by atoms with E-state index in [9.17, 15) is 4.79 Å². The van der Waals surface area contributed by atoms with Crippen LogP contribution in [-0.4, -0.2) is 28.4 Å². The molecule has 1 amide bonds. The van der Waals surface area contributed by atoms with Crippen molar-refractivity contribution in [3.8, 4) is 0 Å². The minimum Gasteiger partial charge on any atom is -0.462 e. The van der Waals surface area contributed by atoms with Gasteiger partial charge >= 0.3 is 0 Å². The Labute approximate surface area is 128 Å². The van der Waals surface area contributed by atoms with Crippen LogP contribution in [0.25, 0.3) is 6.08 Å². The molecule has 1 atom stereocenters. The highest BCUT2D eigenvalue weighted by atomic mass is 16.5. The molecule has 6 heteroatoms. The number of rotatable bonds is 5. The Bertz CT molecular complexity index is 666. The quantitative estimate of drug-likeness (QED) is 0.862. The van der Waals surface area contributed by atoms with Crippen molar-refractivity contribution in [2.45, 2.75) is 32.4 Å². The van der Waals surface area contributed by atoms with Crippen molar-refractivity contribution in [1.29, 1.82) is 0 Å². The molecule has 0 aromatic carbocycles. The Hall–Kier alpha value is -2.34. The number of anilines is 1. The summed E-state index contributed by atoms with van der Waals surface area (Å²) in [7, 11) is 0. The van der Waals surface area contributed by atoms with Crippen molar-refractivity contribution in [2.75, 3.05) is 11.9 Å². The molecule has 0 bridgehead atoms. The Morgan fingerprint density at radius 3 is 3.18 bits per heavy atom. The summed E-state index contributed by atoms with van der Waals surface area (Å²) in [4.78, 5) is 11.8. The second-order valence-electron chi connectivity index (χ2n) is 5.36. The van der Waals surface area contributed by atoms with Gasteiger partial charge in [-0.25, -0.2) is 0 Å². The number of hydrogen-bond donors (Lipinski definition) is 1. The normalized spacial score (nSPS) is 18.1. The number of furan rings is 1. The maximum Gasteiger partial charge on any atom is 0.248 e. The van der Waals surface area contributed by atoms with Gasteiger partial charge in [-0.2, -0.15) is 5.10 Å². The topological polar surface area (TPSA) is 69.3 Å². The molecule has 6 nitrogen and oxygen atoms in total. The zero-order valence-electron chi connectivity index (χ0n) is 12.5. The summed E-state index contributed by atoms with van der Waals surface area (Å²) in [5.74, 6) is 1.25. The van der Waals surface area contributed by atoms with Gasteiger partial charge in [-0.1, -0.05) is 0 Å². The second-order valence-corrected chi connectivity index (χ2v) is 5.36. The Kier molecular flexibility index (Phi) is 4.39. The molecule has 1 aliphatic rings. The van der Waals surface area contributed by atoms with Gasteiger partial charge in [0.25, 0.3) is 0 Å². The lowest BCUT2D eigenvalue weighted by Gasteiger charge is -2.08. The average Bonchev–Trinajstić information content (AvgIpc) is 3.21. The molecule has 1 N–H and O–H groups in total. The average molecular weight is 301 g/mol. The minimum atomic E-state index is -0.217. The molecule has 3 rings (SSSR count). The van der Waals surface area contributed by atoms with Crippen molar-refractivity contribution in [3.05, 3.63) is 42.1 Å². The van der Waals surface area contributed by atoms with E-state index in [0.717, 1.165) is 31.8 Å². The third kappa shape index (κ3) is 3.85. The van der Waals surface area contributed by atoms with Gasteiger partial charge in [0.1, 0.15) is 11.5 Å². The van der Waals surface area contributed by atoms with Crippen LogP contribution < -0.4 is 5.32 Å². The van der Waals surface area contributed by atoms with Gasteiger partial charge in [-0.15, -0.1) is 0 Å². The molecule has 116 valence electrons. The van der Waals surface area contributed by atoms with E-state index in [2.05, 4.69) is 10.4 Å². The van der Waals surface area contributed by atoms with Crippen LogP contribution in [0.15, 0.2) is 35.0 Å². The Morgan fingerprint density at radius 2 is 2.45 bits per heavy atom. The molecule has 0 radical (unpaired) electrons. The predicted molar refractivity (Wildman–Crippen MR) is 82.3 cm³/mol. The maximum atomic E-state index is 11.8. The fourth-order valence-corrected chi connectivity index (χ4v) is 2.41. The van der Waals surface area contributed by atoms with Crippen molar-refractivity contribution < 1.29 is 13.9 Å². The first kappa shape index (κ1) is 14.6. The number of aromatic nitrogens is 2. The largest absolute Gasteiger partial charge is 0.462 e. The molecule has 1 unspecified atom stereocenters. The molecule has 0 spiro atoms. The van der Waals surface area contributed by atoms with Crippen LogP contribution in [0.5, 0.6) is 0 Å². The summed E-state index contributed by atoms with van der Waals surface area (Å²) in [6, 6.07) is 3.67. The van der Waals surface area contributed by atoms with E-state index in [1.807, 2.05) is 25.3 Å². The molecular weight excluding hydrogens is 282 g/mol. The van der Waals surface area contributed by atoms with Gasteiger partial charge in [-0.3, -0.25) is 9.48 Å². The highest BCUT2D eigenvalue weighted by Crippen LogP contribution is 2.15. The minimum absolute atomic E-state index is 0.217. The first-order chi connectivity index (χ1) is 10.7. The molecule has 2 aromatic heterocycles. The molecule has 1 aliphatic heterocycles. The van der Waals surface area contributed by atoms with Gasteiger partial charge < -0.3 is 14.5 Å². The lowest BCUT2D eigenvalue weighted by molar-refractivity contribution is -0.111. The molecule has 3 heterocycles. The van der Waals surface area contributed by atoms with Crippen LogP contribution in [-0.2, 0) is 16.1 Å². The molecular formula is C16H19N3O3. The Balaban J connectivity index is 1.53. The van der Waals surface area contributed by atoms with Crippen molar-refractivity contribution in [2.24, 2.45) is 0 Å².